The van der Waals surface area contributed by atoms with E-state index in [-0.39, 0.29) is 6.04 Å². The number of hydrogen-bond donors (Lipinski definition) is 3. The number of hydrogen-bond acceptors (Lipinski definition) is 7. The van der Waals surface area contributed by atoms with Crippen molar-refractivity contribution in [1.29, 1.82) is 0 Å². The van der Waals surface area contributed by atoms with E-state index in [4.69, 9.17) is 21.4 Å². The monoisotopic (exact) mass is 454 g/mol. The summed E-state index contributed by atoms with van der Waals surface area (Å²) in [6.07, 6.45) is 7.73. The van der Waals surface area contributed by atoms with Crippen molar-refractivity contribution in [3.05, 3.63) is 59.6 Å². The molecule has 0 radical (unpaired) electrons. The number of fused-ring (bicyclic) bond motifs is 1. The Hall–Kier alpha value is -3.14. The Kier molecular flexibility index (Phi) is 5.46. The van der Waals surface area contributed by atoms with E-state index in [1.807, 2.05) is 0 Å². The van der Waals surface area contributed by atoms with Gasteiger partial charge in [-0.3, -0.25) is 4.68 Å². The van der Waals surface area contributed by atoms with Gasteiger partial charge in [-0.15, -0.1) is 0 Å². The van der Waals surface area contributed by atoms with Crippen molar-refractivity contribution < 1.29 is 14.9 Å². The Bertz CT molecular complexity index is 1260. The summed E-state index contributed by atoms with van der Waals surface area (Å²) in [5.41, 5.74) is 2.90. The van der Waals surface area contributed by atoms with Gasteiger partial charge in [0.1, 0.15) is 11.4 Å². The first-order valence-electron chi connectivity index (χ1n) is 10.4. The lowest BCUT2D eigenvalue weighted by Gasteiger charge is -2.14. The van der Waals surface area contributed by atoms with Crippen LogP contribution in [0.1, 0.15) is 37.1 Å². The van der Waals surface area contributed by atoms with Crippen molar-refractivity contribution in [2.75, 3.05) is 12.4 Å². The van der Waals surface area contributed by atoms with E-state index < -0.39 is 12.3 Å². The van der Waals surface area contributed by atoms with E-state index in [2.05, 4.69) is 15.4 Å². The molecule has 1 aliphatic rings. The number of rotatable bonds is 6. The van der Waals surface area contributed by atoms with Crippen LogP contribution in [0.15, 0.2) is 49.1 Å². The lowest BCUT2D eigenvalue weighted by molar-refractivity contribution is 0.130. The van der Waals surface area contributed by atoms with Crippen LogP contribution < -0.4 is 10.1 Å². The number of nitrogens with zero attached hydrogens (tertiary/aromatic N) is 5. The van der Waals surface area contributed by atoms with Crippen LogP contribution in [-0.4, -0.2) is 47.8 Å². The zero-order valence-electron chi connectivity index (χ0n) is 17.4. The normalized spacial score (nSPS) is 19.4. The molecule has 3 N–H and O–H groups in total. The fourth-order valence-corrected chi connectivity index (χ4v) is 4.40. The molecule has 0 amide bonds. The molecule has 3 atom stereocenters. The van der Waals surface area contributed by atoms with Crippen molar-refractivity contribution in [2.24, 2.45) is 0 Å². The quantitative estimate of drug-likeness (QED) is 0.383. The zero-order valence-corrected chi connectivity index (χ0v) is 18.1. The molecule has 3 heterocycles. The van der Waals surface area contributed by atoms with Gasteiger partial charge in [0.25, 0.3) is 0 Å². The molecule has 9 nitrogen and oxygen atoms in total. The van der Waals surface area contributed by atoms with Gasteiger partial charge in [-0.25, -0.2) is 9.50 Å². The van der Waals surface area contributed by atoms with Gasteiger partial charge in [-0.1, -0.05) is 11.6 Å². The number of nitrogens with one attached hydrogen (secondary N) is 1. The molecule has 1 unspecified atom stereocenters. The molecule has 0 spiro atoms. The molecule has 1 fully saturated rings. The number of aromatic nitrogens is 5. The van der Waals surface area contributed by atoms with Crippen molar-refractivity contribution >= 4 is 22.9 Å². The van der Waals surface area contributed by atoms with Gasteiger partial charge >= 0.3 is 0 Å². The number of anilines is 1. The molecule has 4 aromatic rings. The predicted octanol–water partition coefficient (Wildman–Crippen LogP) is 3.44. The Balaban J connectivity index is 1.57. The summed E-state index contributed by atoms with van der Waals surface area (Å²) in [4.78, 5) is 4.31. The summed E-state index contributed by atoms with van der Waals surface area (Å²) in [5.74, 6) is 0.599. The van der Waals surface area contributed by atoms with E-state index in [1.165, 1.54) is 0 Å². The largest absolute Gasteiger partial charge is 0.496 e. The maximum atomic E-state index is 11.0. The van der Waals surface area contributed by atoms with Gasteiger partial charge in [0, 0.05) is 29.2 Å². The fraction of sp³-hybridized carbons (Fsp3) is 0.318. The molecule has 1 aliphatic carbocycles. The van der Waals surface area contributed by atoms with Crippen LogP contribution in [0.2, 0.25) is 5.02 Å². The molecule has 3 aromatic heterocycles. The maximum Gasteiger partial charge on any atom is 0.162 e. The van der Waals surface area contributed by atoms with E-state index in [0.29, 0.717) is 38.9 Å². The van der Waals surface area contributed by atoms with Crippen LogP contribution in [0, 0.1) is 0 Å². The minimum atomic E-state index is -1.09. The van der Waals surface area contributed by atoms with E-state index in [0.717, 1.165) is 19.3 Å². The van der Waals surface area contributed by atoms with Crippen molar-refractivity contribution in [2.45, 2.75) is 37.6 Å². The topological polar surface area (TPSA) is 110 Å². The first-order chi connectivity index (χ1) is 15.5. The Morgan fingerprint density at radius 3 is 2.97 bits per heavy atom. The third kappa shape index (κ3) is 3.68. The molecule has 10 heteroatoms. The lowest BCUT2D eigenvalue weighted by atomic mass is 10.1. The molecular formula is C22H23ClN6O3. The number of aliphatic hydroxyl groups excluding tert-OH is 2. The van der Waals surface area contributed by atoms with Gasteiger partial charge in [-0.2, -0.15) is 10.2 Å². The minimum Gasteiger partial charge on any atom is -0.496 e. The Labute approximate surface area is 189 Å². The first kappa shape index (κ1) is 20.7. The number of aliphatic hydroxyl groups is 2. The summed E-state index contributed by atoms with van der Waals surface area (Å²) >= 11 is 6.27. The standard InChI is InChI=1S/C22H23ClN6O3/c1-32-19-7-6-13(23)10-14(19)20-16(12-29(27-20)17-4-2-5-18(17)30)26-22(31)15-11-25-28-9-3-8-24-21(15)28/h3,6-12,17-18,22,26,30-31H,2,4-5H2,1H3/t17-,18-,22?/m1/s1. The van der Waals surface area contributed by atoms with Crippen LogP contribution in [0.3, 0.4) is 0 Å². The minimum absolute atomic E-state index is 0.134. The highest BCUT2D eigenvalue weighted by Gasteiger charge is 2.30. The van der Waals surface area contributed by atoms with Crippen LogP contribution in [0.5, 0.6) is 5.75 Å². The molecule has 1 aromatic carbocycles. The van der Waals surface area contributed by atoms with Crippen LogP contribution in [-0.2, 0) is 0 Å². The Morgan fingerprint density at radius 2 is 2.19 bits per heavy atom. The second-order valence-electron chi connectivity index (χ2n) is 7.82. The van der Waals surface area contributed by atoms with Gasteiger partial charge in [0.05, 0.1) is 36.7 Å². The second kappa shape index (κ2) is 8.42. The van der Waals surface area contributed by atoms with Crippen LogP contribution >= 0.6 is 11.6 Å². The van der Waals surface area contributed by atoms with Crippen molar-refractivity contribution in [1.82, 2.24) is 24.4 Å². The zero-order chi connectivity index (χ0) is 22.2. The van der Waals surface area contributed by atoms with E-state index in [9.17, 15) is 10.2 Å². The fourth-order valence-electron chi connectivity index (χ4n) is 4.22. The summed E-state index contributed by atoms with van der Waals surface area (Å²) in [5, 5.41) is 34.1. The number of benzene rings is 1. The predicted molar refractivity (Wildman–Crippen MR) is 120 cm³/mol. The molecule has 32 heavy (non-hydrogen) atoms. The van der Waals surface area contributed by atoms with Crippen LogP contribution in [0.4, 0.5) is 5.69 Å². The number of halogens is 1. The van der Waals surface area contributed by atoms with Gasteiger partial charge in [-0.05, 0) is 43.5 Å². The number of methoxy groups -OCH3 is 1. The SMILES string of the molecule is COc1ccc(Cl)cc1-c1nn([C@@H]2CCC[C@H]2O)cc1NC(O)c1cnn2cccnc12. The second-order valence-corrected chi connectivity index (χ2v) is 8.25. The molecule has 166 valence electrons. The first-order valence-corrected chi connectivity index (χ1v) is 10.8. The molecule has 5 rings (SSSR count). The van der Waals surface area contributed by atoms with Gasteiger partial charge in [0.2, 0.25) is 0 Å². The maximum absolute atomic E-state index is 11.0. The van der Waals surface area contributed by atoms with E-state index in [1.54, 1.807) is 65.4 Å². The summed E-state index contributed by atoms with van der Waals surface area (Å²) in [6, 6.07) is 6.92. The third-order valence-electron chi connectivity index (χ3n) is 5.83. The molecule has 0 bridgehead atoms. The third-order valence-corrected chi connectivity index (χ3v) is 6.06. The van der Waals surface area contributed by atoms with Gasteiger partial charge < -0.3 is 20.3 Å². The molecule has 0 aliphatic heterocycles. The summed E-state index contributed by atoms with van der Waals surface area (Å²) < 4.78 is 8.89. The average molecular weight is 455 g/mol. The van der Waals surface area contributed by atoms with E-state index >= 15 is 0 Å². The summed E-state index contributed by atoms with van der Waals surface area (Å²) in [6.45, 7) is 0. The highest BCUT2D eigenvalue weighted by atomic mass is 35.5. The molecule has 0 saturated heterocycles. The Morgan fingerprint density at radius 1 is 1.31 bits per heavy atom. The van der Waals surface area contributed by atoms with Gasteiger partial charge in [0.15, 0.2) is 11.9 Å². The molecular weight excluding hydrogens is 432 g/mol. The molecule has 1 saturated carbocycles. The van der Waals surface area contributed by atoms with Crippen molar-refractivity contribution in [3.63, 3.8) is 0 Å². The van der Waals surface area contributed by atoms with Crippen LogP contribution in [0.25, 0.3) is 16.9 Å². The lowest BCUT2D eigenvalue weighted by Crippen LogP contribution is -2.18. The highest BCUT2D eigenvalue weighted by molar-refractivity contribution is 6.31. The van der Waals surface area contributed by atoms with Crippen molar-refractivity contribution in [3.8, 4) is 17.0 Å². The number of ether oxygens (including phenoxy) is 1. The average Bonchev–Trinajstić information content (AvgIpc) is 3.51. The highest BCUT2D eigenvalue weighted by Crippen LogP contribution is 2.39. The summed E-state index contributed by atoms with van der Waals surface area (Å²) in [7, 11) is 1.58. The smallest absolute Gasteiger partial charge is 0.162 e.